The zero-order valence-corrected chi connectivity index (χ0v) is 18.1. The van der Waals surface area contributed by atoms with Gasteiger partial charge in [-0.3, -0.25) is 15.0 Å². The van der Waals surface area contributed by atoms with Crippen molar-refractivity contribution >= 4 is 11.6 Å². The average Bonchev–Trinajstić information content (AvgIpc) is 2.65. The SMILES string of the molecule is COCCOCC(C)(C)C(=N)/C=C(\O)NC(=O)C(C)(C)N(C)C1CCOCC1. The quantitative estimate of drug-likeness (QED) is 0.279. The van der Waals surface area contributed by atoms with Gasteiger partial charge < -0.3 is 24.7 Å². The number of methoxy groups -OCH3 is 1. The molecule has 0 atom stereocenters. The zero-order valence-electron chi connectivity index (χ0n) is 18.1. The largest absolute Gasteiger partial charge is 0.494 e. The summed E-state index contributed by atoms with van der Waals surface area (Å²) in [6.45, 7) is 9.95. The fourth-order valence-corrected chi connectivity index (χ4v) is 2.87. The van der Waals surface area contributed by atoms with Gasteiger partial charge in [-0.1, -0.05) is 13.8 Å². The molecule has 0 unspecified atom stereocenters. The predicted molar refractivity (Wildman–Crippen MR) is 109 cm³/mol. The number of allylic oxidation sites excluding steroid dienone is 1. The van der Waals surface area contributed by atoms with E-state index in [9.17, 15) is 9.90 Å². The summed E-state index contributed by atoms with van der Waals surface area (Å²) in [7, 11) is 3.51. The number of nitrogens with zero attached hydrogens (tertiary/aromatic N) is 1. The monoisotopic (exact) mass is 399 g/mol. The van der Waals surface area contributed by atoms with E-state index < -0.39 is 11.0 Å². The maximum atomic E-state index is 12.7. The lowest BCUT2D eigenvalue weighted by Crippen LogP contribution is -2.57. The highest BCUT2D eigenvalue weighted by Gasteiger charge is 2.37. The number of nitrogens with one attached hydrogen (secondary N) is 2. The van der Waals surface area contributed by atoms with E-state index in [0.717, 1.165) is 12.8 Å². The summed E-state index contributed by atoms with van der Waals surface area (Å²) in [5, 5.41) is 21.0. The molecule has 1 heterocycles. The van der Waals surface area contributed by atoms with Crippen LogP contribution in [0.25, 0.3) is 0 Å². The molecule has 0 radical (unpaired) electrons. The van der Waals surface area contributed by atoms with Crippen LogP contribution in [0.1, 0.15) is 40.5 Å². The van der Waals surface area contributed by atoms with Crippen molar-refractivity contribution in [2.45, 2.75) is 52.1 Å². The first-order valence-corrected chi connectivity index (χ1v) is 9.71. The Morgan fingerprint density at radius 3 is 2.46 bits per heavy atom. The first kappa shape index (κ1) is 24.6. The Balaban J connectivity index is 2.66. The Bertz CT molecular complexity index is 554. The third kappa shape index (κ3) is 7.16. The lowest BCUT2D eigenvalue weighted by atomic mass is 9.88. The Morgan fingerprint density at radius 2 is 1.89 bits per heavy atom. The van der Waals surface area contributed by atoms with Crippen molar-refractivity contribution in [1.82, 2.24) is 10.2 Å². The van der Waals surface area contributed by atoms with Gasteiger partial charge in [0, 0.05) is 43.6 Å². The summed E-state index contributed by atoms with van der Waals surface area (Å²) in [4.78, 5) is 14.8. The lowest BCUT2D eigenvalue weighted by Gasteiger charge is -2.41. The van der Waals surface area contributed by atoms with Crippen molar-refractivity contribution in [3.63, 3.8) is 0 Å². The molecule has 0 aromatic carbocycles. The van der Waals surface area contributed by atoms with Crippen LogP contribution in [0.5, 0.6) is 0 Å². The van der Waals surface area contributed by atoms with Crippen LogP contribution in [-0.2, 0) is 19.0 Å². The molecule has 0 saturated carbocycles. The normalized spacial score (nSPS) is 17.0. The molecule has 8 nitrogen and oxygen atoms in total. The number of ether oxygens (including phenoxy) is 3. The molecule has 1 aliphatic heterocycles. The van der Waals surface area contributed by atoms with Crippen molar-refractivity contribution in [1.29, 1.82) is 5.41 Å². The van der Waals surface area contributed by atoms with Crippen LogP contribution in [0.3, 0.4) is 0 Å². The number of hydrogen-bond acceptors (Lipinski definition) is 7. The Labute approximate surface area is 168 Å². The zero-order chi connectivity index (χ0) is 21.4. The van der Waals surface area contributed by atoms with Gasteiger partial charge in [0.25, 0.3) is 0 Å². The highest BCUT2D eigenvalue weighted by Crippen LogP contribution is 2.23. The van der Waals surface area contributed by atoms with Crippen LogP contribution >= 0.6 is 0 Å². The van der Waals surface area contributed by atoms with Gasteiger partial charge in [0.05, 0.1) is 25.4 Å². The number of aliphatic hydroxyl groups is 1. The van der Waals surface area contributed by atoms with Gasteiger partial charge in [0.1, 0.15) is 0 Å². The van der Waals surface area contributed by atoms with E-state index in [1.54, 1.807) is 7.11 Å². The van der Waals surface area contributed by atoms with E-state index >= 15 is 0 Å². The van der Waals surface area contributed by atoms with E-state index in [2.05, 4.69) is 5.32 Å². The molecule has 28 heavy (non-hydrogen) atoms. The van der Waals surface area contributed by atoms with E-state index in [-0.39, 0.29) is 23.5 Å². The highest BCUT2D eigenvalue weighted by atomic mass is 16.5. The van der Waals surface area contributed by atoms with Gasteiger partial charge in [0.2, 0.25) is 5.91 Å². The molecule has 3 N–H and O–H groups in total. The van der Waals surface area contributed by atoms with Gasteiger partial charge in [-0.2, -0.15) is 0 Å². The Hall–Kier alpha value is -1.48. The van der Waals surface area contributed by atoms with Gasteiger partial charge in [0.15, 0.2) is 5.88 Å². The van der Waals surface area contributed by atoms with Crippen LogP contribution in [0.2, 0.25) is 0 Å². The summed E-state index contributed by atoms with van der Waals surface area (Å²) in [6, 6.07) is 0.252. The van der Waals surface area contributed by atoms with E-state index in [1.807, 2.05) is 39.6 Å². The van der Waals surface area contributed by atoms with Crippen LogP contribution in [-0.4, -0.2) is 80.4 Å². The van der Waals surface area contributed by atoms with Crippen LogP contribution < -0.4 is 5.32 Å². The molecule has 0 aromatic heterocycles. The van der Waals surface area contributed by atoms with Crippen molar-refractivity contribution in [3.05, 3.63) is 12.0 Å². The second-order valence-electron chi connectivity index (χ2n) is 8.34. The lowest BCUT2D eigenvalue weighted by molar-refractivity contribution is -0.133. The van der Waals surface area contributed by atoms with Gasteiger partial charge in [-0.05, 0) is 33.7 Å². The molecular formula is C20H37N3O5. The fraction of sp³-hybridized carbons (Fsp3) is 0.800. The smallest absolute Gasteiger partial charge is 0.246 e. The molecule has 0 spiro atoms. The molecule has 0 aliphatic carbocycles. The Kier molecular flexibility index (Phi) is 9.56. The standard InChI is InChI=1S/C20H37N3O5/c1-19(2,14-28-12-11-26-6)16(21)13-17(24)22-18(25)20(3,4)23(5)15-7-9-27-10-8-15/h13,15,21,24H,7-12,14H2,1-6H3,(H,22,25)/b17-13-,21-16?. The first-order chi connectivity index (χ1) is 13.0. The van der Waals surface area contributed by atoms with E-state index in [0.29, 0.717) is 33.0 Å². The maximum Gasteiger partial charge on any atom is 0.246 e. The van der Waals surface area contributed by atoms with Gasteiger partial charge in [-0.25, -0.2) is 0 Å². The summed E-state index contributed by atoms with van der Waals surface area (Å²) in [6.07, 6.45) is 3.01. The molecule has 0 bridgehead atoms. The van der Waals surface area contributed by atoms with Crippen molar-refractivity contribution in [2.75, 3.05) is 47.2 Å². The summed E-state index contributed by atoms with van der Waals surface area (Å²) < 4.78 is 15.8. The fourth-order valence-electron chi connectivity index (χ4n) is 2.87. The molecule has 1 fully saturated rings. The number of carbonyl (C=O) groups excluding carboxylic acids is 1. The van der Waals surface area contributed by atoms with Crippen molar-refractivity contribution < 1.29 is 24.1 Å². The number of hydrogen-bond donors (Lipinski definition) is 3. The summed E-state index contributed by atoms with van der Waals surface area (Å²) in [5.41, 5.74) is -1.26. The number of rotatable bonds is 11. The average molecular weight is 400 g/mol. The third-order valence-electron chi connectivity index (χ3n) is 5.32. The number of amides is 1. The predicted octanol–water partition coefficient (Wildman–Crippen LogP) is 2.10. The second kappa shape index (κ2) is 10.9. The number of aliphatic hydroxyl groups excluding tert-OH is 1. The second-order valence-corrected chi connectivity index (χ2v) is 8.34. The highest BCUT2D eigenvalue weighted by molar-refractivity contribution is 5.98. The minimum absolute atomic E-state index is 0.165. The van der Waals surface area contributed by atoms with Crippen LogP contribution in [0, 0.1) is 10.8 Å². The molecule has 1 saturated heterocycles. The molecule has 1 aliphatic rings. The topological polar surface area (TPSA) is 104 Å². The summed E-state index contributed by atoms with van der Waals surface area (Å²) in [5.74, 6) is -0.661. The minimum atomic E-state index is -0.815. The maximum absolute atomic E-state index is 12.7. The van der Waals surface area contributed by atoms with E-state index in [4.69, 9.17) is 19.6 Å². The van der Waals surface area contributed by atoms with Crippen molar-refractivity contribution in [3.8, 4) is 0 Å². The first-order valence-electron chi connectivity index (χ1n) is 9.71. The molecule has 0 aromatic rings. The van der Waals surface area contributed by atoms with Crippen LogP contribution in [0.15, 0.2) is 12.0 Å². The van der Waals surface area contributed by atoms with Gasteiger partial charge in [-0.15, -0.1) is 0 Å². The van der Waals surface area contributed by atoms with Crippen molar-refractivity contribution in [2.24, 2.45) is 5.41 Å². The molecular weight excluding hydrogens is 362 g/mol. The van der Waals surface area contributed by atoms with Gasteiger partial charge >= 0.3 is 0 Å². The molecule has 1 rings (SSSR count). The third-order valence-corrected chi connectivity index (χ3v) is 5.32. The summed E-state index contributed by atoms with van der Waals surface area (Å²) >= 11 is 0. The minimum Gasteiger partial charge on any atom is -0.494 e. The molecule has 8 heteroatoms. The molecule has 1 amide bonds. The number of carbonyl (C=O) groups is 1. The van der Waals surface area contributed by atoms with Crippen LogP contribution in [0.4, 0.5) is 0 Å². The number of likely N-dealkylation sites (N-methyl/N-ethyl adjacent to an activating group) is 1. The Morgan fingerprint density at radius 1 is 1.29 bits per heavy atom. The van der Waals surface area contributed by atoms with E-state index in [1.165, 1.54) is 6.08 Å². The molecule has 162 valence electrons.